The number of likely N-dealkylation sites (tertiary alicyclic amines) is 1. The third-order valence-corrected chi connectivity index (χ3v) is 10.1. The quantitative estimate of drug-likeness (QED) is 0.196. The fraction of sp³-hybridized carbons (Fsp3) is 0.439. The van der Waals surface area contributed by atoms with Crippen molar-refractivity contribution in [3.05, 3.63) is 108 Å². The molecule has 1 saturated heterocycles. The van der Waals surface area contributed by atoms with Crippen LogP contribution < -0.4 is 10.6 Å². The van der Waals surface area contributed by atoms with E-state index in [0.29, 0.717) is 19.0 Å². The first-order chi connectivity index (χ1) is 23.9. The Morgan fingerprint density at radius 1 is 0.900 bits per heavy atom. The first kappa shape index (κ1) is 38.5. The second-order valence-electron chi connectivity index (χ2n) is 14.1. The second kappa shape index (κ2) is 18.1. The highest BCUT2D eigenvalue weighted by atomic mass is 19.1. The van der Waals surface area contributed by atoms with Gasteiger partial charge < -0.3 is 25.3 Å². The van der Waals surface area contributed by atoms with Crippen molar-refractivity contribution < 1.29 is 18.8 Å². The van der Waals surface area contributed by atoms with Crippen LogP contribution in [0.1, 0.15) is 50.7 Å². The predicted molar refractivity (Wildman–Crippen MR) is 199 cm³/mol. The topological polar surface area (TPSA) is 85.0 Å². The van der Waals surface area contributed by atoms with E-state index in [-0.39, 0.29) is 41.9 Å². The van der Waals surface area contributed by atoms with Crippen molar-refractivity contribution in [2.24, 2.45) is 0 Å². The van der Waals surface area contributed by atoms with Gasteiger partial charge in [0.2, 0.25) is 17.7 Å². The van der Waals surface area contributed by atoms with Crippen molar-refractivity contribution in [1.29, 1.82) is 0 Å². The molecule has 3 aromatic carbocycles. The van der Waals surface area contributed by atoms with Gasteiger partial charge in [0.1, 0.15) is 17.9 Å². The molecule has 1 heterocycles. The molecule has 0 spiro atoms. The Balaban J connectivity index is 1.59. The number of hydrogen-bond acceptors (Lipinski definition) is 5. The highest BCUT2D eigenvalue weighted by molar-refractivity contribution is 5.95. The predicted octanol–water partition coefficient (Wildman–Crippen LogP) is 5.48. The van der Waals surface area contributed by atoms with E-state index in [1.807, 2.05) is 81.6 Å². The van der Waals surface area contributed by atoms with E-state index in [1.54, 1.807) is 26.2 Å². The highest BCUT2D eigenvalue weighted by Gasteiger charge is 2.35. The summed E-state index contributed by atoms with van der Waals surface area (Å²) in [5.74, 6) is -1.30. The molecule has 9 heteroatoms. The minimum atomic E-state index is -0.882. The Morgan fingerprint density at radius 2 is 1.50 bits per heavy atom. The molecular weight excluding hydrogens is 629 g/mol. The van der Waals surface area contributed by atoms with E-state index >= 15 is 0 Å². The summed E-state index contributed by atoms with van der Waals surface area (Å²) >= 11 is 0. The van der Waals surface area contributed by atoms with Crippen molar-refractivity contribution in [2.75, 3.05) is 41.3 Å². The van der Waals surface area contributed by atoms with Crippen LogP contribution in [0.5, 0.6) is 0 Å². The number of hydrogen-bond donors (Lipinski definition) is 2. The number of benzene rings is 3. The maximum absolute atomic E-state index is 14.5. The highest BCUT2D eigenvalue weighted by Crippen LogP contribution is 2.22. The number of rotatable bonds is 16. The summed E-state index contributed by atoms with van der Waals surface area (Å²) in [7, 11) is 7.24. The van der Waals surface area contributed by atoms with Crippen LogP contribution in [0.25, 0.3) is 11.1 Å². The Labute approximate surface area is 297 Å². The lowest BCUT2D eigenvalue weighted by molar-refractivity contribution is -0.146. The molecule has 0 bridgehead atoms. The first-order valence-corrected chi connectivity index (χ1v) is 17.6. The molecule has 1 aliphatic heterocycles. The SMILES string of the molecule is CNC(C)(C)CC=CC(=O)N(C)[C@H](Cc1ccc(-c2ccccc2)cc1)C(=O)N(C)[C@H](Cc1ccc(F)cc1)C(=O)NCCC1CCCN1C. The Bertz CT molecular complexity index is 1580. The van der Waals surface area contributed by atoms with Crippen molar-refractivity contribution in [2.45, 2.75) is 76.0 Å². The van der Waals surface area contributed by atoms with Crippen LogP contribution in [-0.4, -0.2) is 97.4 Å². The molecular formula is C41H54FN5O3. The zero-order valence-corrected chi connectivity index (χ0v) is 30.5. The molecule has 1 fully saturated rings. The van der Waals surface area contributed by atoms with Crippen molar-refractivity contribution in [1.82, 2.24) is 25.3 Å². The van der Waals surface area contributed by atoms with Crippen molar-refractivity contribution in [3.8, 4) is 11.1 Å². The number of amides is 3. The lowest BCUT2D eigenvalue weighted by atomic mass is 9.98. The van der Waals surface area contributed by atoms with E-state index in [0.717, 1.165) is 48.1 Å². The van der Waals surface area contributed by atoms with Gasteiger partial charge in [-0.3, -0.25) is 14.4 Å². The smallest absolute Gasteiger partial charge is 0.246 e. The summed E-state index contributed by atoms with van der Waals surface area (Å²) < 4.78 is 13.8. The fourth-order valence-corrected chi connectivity index (χ4v) is 6.37. The van der Waals surface area contributed by atoms with Gasteiger partial charge in [-0.2, -0.15) is 0 Å². The third kappa shape index (κ3) is 10.8. The molecule has 3 atom stereocenters. The third-order valence-electron chi connectivity index (χ3n) is 10.1. The average Bonchev–Trinajstić information content (AvgIpc) is 3.53. The fourth-order valence-electron chi connectivity index (χ4n) is 6.37. The summed E-state index contributed by atoms with van der Waals surface area (Å²) in [4.78, 5) is 47.2. The normalized spacial score (nSPS) is 16.3. The Kier molecular flexibility index (Phi) is 13.9. The summed E-state index contributed by atoms with van der Waals surface area (Å²) in [5, 5.41) is 6.31. The molecule has 2 N–H and O–H groups in total. The molecule has 3 aromatic rings. The zero-order valence-electron chi connectivity index (χ0n) is 30.5. The lowest BCUT2D eigenvalue weighted by Gasteiger charge is -2.34. The number of carbonyl (C=O) groups is 3. The first-order valence-electron chi connectivity index (χ1n) is 17.6. The molecule has 0 radical (unpaired) electrons. The van der Waals surface area contributed by atoms with E-state index < -0.39 is 12.1 Å². The standard InChI is InChI=1S/C41H54FN5O3/c1-41(2,43-3)25-10-15-38(48)46(5)37(29-30-16-20-33(21-17-30)32-12-8-7-9-13-32)40(50)47(6)36(28-31-18-22-34(42)23-19-31)39(49)44-26-24-35-14-11-27-45(35)4/h7-10,12-13,15-23,35-37,43H,11,14,24-29H2,1-6H3,(H,44,49)/t35?,36-,37-/m1/s1. The largest absolute Gasteiger partial charge is 0.354 e. The van der Waals surface area contributed by atoms with Gasteiger partial charge in [0.25, 0.3) is 0 Å². The minimum Gasteiger partial charge on any atom is -0.354 e. The van der Waals surface area contributed by atoms with Crippen LogP contribution in [0.15, 0.2) is 91.0 Å². The van der Waals surface area contributed by atoms with Crippen LogP contribution in [0.4, 0.5) is 4.39 Å². The van der Waals surface area contributed by atoms with Gasteiger partial charge in [0.15, 0.2) is 0 Å². The summed E-state index contributed by atoms with van der Waals surface area (Å²) in [6.07, 6.45) is 7.48. The summed E-state index contributed by atoms with van der Waals surface area (Å²) in [5.41, 5.74) is 3.56. The van der Waals surface area contributed by atoms with Gasteiger partial charge in [0.05, 0.1) is 0 Å². The number of nitrogens with zero attached hydrogens (tertiary/aromatic N) is 3. The summed E-state index contributed by atoms with van der Waals surface area (Å²) in [6, 6.07) is 22.7. The van der Waals surface area contributed by atoms with Gasteiger partial charge in [-0.25, -0.2) is 4.39 Å². The Morgan fingerprint density at radius 3 is 2.10 bits per heavy atom. The molecule has 4 rings (SSSR count). The molecule has 0 saturated carbocycles. The van der Waals surface area contributed by atoms with Crippen molar-refractivity contribution >= 4 is 17.7 Å². The van der Waals surface area contributed by atoms with Gasteiger partial charge in [-0.05, 0) is 101 Å². The average molecular weight is 684 g/mol. The molecule has 0 aromatic heterocycles. The van der Waals surface area contributed by atoms with Crippen LogP contribution in [-0.2, 0) is 27.2 Å². The Hall–Kier alpha value is -4.34. The van der Waals surface area contributed by atoms with E-state index in [1.165, 1.54) is 28.0 Å². The monoisotopic (exact) mass is 683 g/mol. The molecule has 268 valence electrons. The number of likely N-dealkylation sites (N-methyl/N-ethyl adjacent to an activating group) is 2. The second-order valence-corrected chi connectivity index (χ2v) is 14.1. The van der Waals surface area contributed by atoms with Crippen LogP contribution >= 0.6 is 0 Å². The van der Waals surface area contributed by atoms with E-state index in [4.69, 9.17) is 0 Å². The molecule has 1 unspecified atom stereocenters. The van der Waals surface area contributed by atoms with Crippen LogP contribution in [0.3, 0.4) is 0 Å². The zero-order chi connectivity index (χ0) is 36.3. The maximum atomic E-state index is 14.5. The minimum absolute atomic E-state index is 0.195. The van der Waals surface area contributed by atoms with E-state index in [9.17, 15) is 18.8 Å². The number of nitrogens with one attached hydrogen (secondary N) is 2. The molecule has 3 amide bonds. The molecule has 50 heavy (non-hydrogen) atoms. The maximum Gasteiger partial charge on any atom is 0.246 e. The number of halogens is 1. The molecule has 1 aliphatic rings. The molecule has 0 aliphatic carbocycles. The lowest BCUT2D eigenvalue weighted by Crippen LogP contribution is -2.56. The molecule has 8 nitrogen and oxygen atoms in total. The number of carbonyl (C=O) groups excluding carboxylic acids is 3. The van der Waals surface area contributed by atoms with Gasteiger partial charge in [-0.15, -0.1) is 0 Å². The van der Waals surface area contributed by atoms with E-state index in [2.05, 4.69) is 22.6 Å². The summed E-state index contributed by atoms with van der Waals surface area (Å²) in [6.45, 7) is 5.63. The van der Waals surface area contributed by atoms with Crippen LogP contribution in [0, 0.1) is 5.82 Å². The van der Waals surface area contributed by atoms with Crippen molar-refractivity contribution in [3.63, 3.8) is 0 Å². The van der Waals surface area contributed by atoms with Gasteiger partial charge in [-0.1, -0.05) is 72.8 Å². The van der Waals surface area contributed by atoms with Gasteiger partial charge in [0, 0.05) is 45.1 Å². The van der Waals surface area contributed by atoms with Gasteiger partial charge >= 0.3 is 0 Å². The van der Waals surface area contributed by atoms with Crippen LogP contribution in [0.2, 0.25) is 0 Å².